The number of nitrogens with zero attached hydrogens (tertiary/aromatic N) is 2. The second-order valence-corrected chi connectivity index (χ2v) is 7.49. The lowest BCUT2D eigenvalue weighted by Crippen LogP contribution is -2.34. The molecule has 2 aromatic carbocycles. The first kappa shape index (κ1) is 17.0. The van der Waals surface area contributed by atoms with Crippen LogP contribution in [-0.2, 0) is 16.8 Å². The van der Waals surface area contributed by atoms with Crippen LogP contribution in [0.1, 0.15) is 24.4 Å². The summed E-state index contributed by atoms with van der Waals surface area (Å²) in [6.07, 6.45) is 1.51. The third-order valence-corrected chi connectivity index (χ3v) is 5.42. The van der Waals surface area contributed by atoms with Gasteiger partial charge < -0.3 is 14.8 Å². The Morgan fingerprint density at radius 3 is 2.71 bits per heavy atom. The molecule has 2 aromatic heterocycles. The van der Waals surface area contributed by atoms with Gasteiger partial charge >= 0.3 is 0 Å². The van der Waals surface area contributed by atoms with Crippen molar-refractivity contribution in [3.05, 3.63) is 71.1 Å². The van der Waals surface area contributed by atoms with Gasteiger partial charge in [0, 0.05) is 16.7 Å². The van der Waals surface area contributed by atoms with E-state index >= 15 is 0 Å². The summed E-state index contributed by atoms with van der Waals surface area (Å²) in [5.74, 6) is 1.30. The molecular formula is C21H17ClN4O2. The lowest BCUT2D eigenvalue weighted by atomic mass is 10.0. The maximum atomic E-state index is 12.9. The molecule has 7 heteroatoms. The summed E-state index contributed by atoms with van der Waals surface area (Å²) >= 11 is 5.93. The van der Waals surface area contributed by atoms with Crippen LogP contribution in [0.2, 0.25) is 5.02 Å². The second-order valence-electron chi connectivity index (χ2n) is 7.05. The number of H-pyrrole nitrogens is 1. The van der Waals surface area contributed by atoms with Crippen molar-refractivity contribution in [2.45, 2.75) is 24.8 Å². The molecule has 4 aromatic rings. The molecule has 2 N–H and O–H groups in total. The highest BCUT2D eigenvalue weighted by molar-refractivity contribution is 6.30. The SMILES string of the molecule is O=C(NCc1nc2ccccc2[nH]1)C1(c2cc(-c3ccc(Cl)cc3)on2)CC1. The number of rotatable bonds is 5. The van der Waals surface area contributed by atoms with Crippen LogP contribution in [0.15, 0.2) is 59.1 Å². The van der Waals surface area contributed by atoms with E-state index in [1.807, 2.05) is 42.5 Å². The van der Waals surface area contributed by atoms with Crippen LogP contribution in [0.4, 0.5) is 0 Å². The fraction of sp³-hybridized carbons (Fsp3) is 0.190. The van der Waals surface area contributed by atoms with Gasteiger partial charge in [-0.3, -0.25) is 4.79 Å². The third kappa shape index (κ3) is 2.96. The van der Waals surface area contributed by atoms with Crippen molar-refractivity contribution in [2.75, 3.05) is 0 Å². The lowest BCUT2D eigenvalue weighted by Gasteiger charge is -2.11. The van der Waals surface area contributed by atoms with Crippen molar-refractivity contribution in [3.8, 4) is 11.3 Å². The van der Waals surface area contributed by atoms with Crippen LogP contribution >= 0.6 is 11.6 Å². The number of hydrogen-bond acceptors (Lipinski definition) is 4. The van der Waals surface area contributed by atoms with Crippen LogP contribution in [0.3, 0.4) is 0 Å². The van der Waals surface area contributed by atoms with E-state index in [1.54, 1.807) is 12.1 Å². The minimum atomic E-state index is -0.611. The summed E-state index contributed by atoms with van der Waals surface area (Å²) in [5.41, 5.74) is 2.77. The molecule has 0 radical (unpaired) electrons. The van der Waals surface area contributed by atoms with Crippen LogP contribution in [0, 0.1) is 0 Å². The van der Waals surface area contributed by atoms with E-state index in [0.717, 1.165) is 35.3 Å². The van der Waals surface area contributed by atoms with E-state index in [4.69, 9.17) is 16.1 Å². The molecule has 1 saturated carbocycles. The molecule has 0 aliphatic heterocycles. The number of nitrogens with one attached hydrogen (secondary N) is 2. The van der Waals surface area contributed by atoms with Crippen LogP contribution < -0.4 is 5.32 Å². The van der Waals surface area contributed by atoms with Gasteiger partial charge in [0.15, 0.2) is 5.76 Å². The molecule has 1 fully saturated rings. The fourth-order valence-electron chi connectivity index (χ4n) is 3.40. The van der Waals surface area contributed by atoms with E-state index in [2.05, 4.69) is 20.4 Å². The number of halogens is 1. The largest absolute Gasteiger partial charge is 0.356 e. The van der Waals surface area contributed by atoms with E-state index in [1.165, 1.54) is 0 Å². The summed E-state index contributed by atoms with van der Waals surface area (Å²) < 4.78 is 5.48. The molecule has 1 aliphatic carbocycles. The van der Waals surface area contributed by atoms with Crippen molar-refractivity contribution in [1.82, 2.24) is 20.4 Å². The Balaban J connectivity index is 1.31. The van der Waals surface area contributed by atoms with E-state index < -0.39 is 5.41 Å². The predicted octanol–water partition coefficient (Wildman–Crippen LogP) is 4.22. The number of amides is 1. The number of aromatic amines is 1. The summed E-state index contributed by atoms with van der Waals surface area (Å²) in [5, 5.41) is 7.81. The minimum Gasteiger partial charge on any atom is -0.356 e. The normalized spacial score (nSPS) is 14.9. The first-order chi connectivity index (χ1) is 13.6. The van der Waals surface area contributed by atoms with Gasteiger partial charge in [0.05, 0.1) is 28.7 Å². The van der Waals surface area contributed by atoms with Gasteiger partial charge in [-0.2, -0.15) is 0 Å². The number of aromatic nitrogens is 3. The number of hydrogen-bond donors (Lipinski definition) is 2. The zero-order valence-corrected chi connectivity index (χ0v) is 15.7. The van der Waals surface area contributed by atoms with Crippen LogP contribution in [0.25, 0.3) is 22.4 Å². The number of carbonyl (C=O) groups is 1. The molecule has 28 heavy (non-hydrogen) atoms. The van der Waals surface area contributed by atoms with Gasteiger partial charge in [0.1, 0.15) is 5.82 Å². The van der Waals surface area contributed by atoms with E-state index in [-0.39, 0.29) is 5.91 Å². The van der Waals surface area contributed by atoms with Gasteiger partial charge in [0.25, 0.3) is 0 Å². The number of benzene rings is 2. The molecule has 0 unspecified atom stereocenters. The van der Waals surface area contributed by atoms with Crippen LogP contribution in [0.5, 0.6) is 0 Å². The molecule has 0 atom stereocenters. The zero-order valence-electron chi connectivity index (χ0n) is 14.9. The molecule has 1 aliphatic rings. The summed E-state index contributed by atoms with van der Waals surface area (Å²) in [7, 11) is 0. The van der Waals surface area contributed by atoms with Crippen molar-refractivity contribution in [3.63, 3.8) is 0 Å². The first-order valence-corrected chi connectivity index (χ1v) is 9.47. The topological polar surface area (TPSA) is 83.8 Å². The van der Waals surface area contributed by atoms with Crippen molar-refractivity contribution in [1.29, 1.82) is 0 Å². The van der Waals surface area contributed by atoms with E-state index in [9.17, 15) is 4.79 Å². The fourth-order valence-corrected chi connectivity index (χ4v) is 3.52. The Morgan fingerprint density at radius 1 is 1.18 bits per heavy atom. The highest BCUT2D eigenvalue weighted by Crippen LogP contribution is 2.48. The Hall–Kier alpha value is -3.12. The number of para-hydroxylation sites is 2. The molecular weight excluding hydrogens is 376 g/mol. The Morgan fingerprint density at radius 2 is 1.96 bits per heavy atom. The van der Waals surface area contributed by atoms with E-state index in [0.29, 0.717) is 23.0 Å². The molecule has 5 rings (SSSR count). The van der Waals surface area contributed by atoms with Gasteiger partial charge in [-0.15, -0.1) is 0 Å². The monoisotopic (exact) mass is 392 g/mol. The predicted molar refractivity (Wildman–Crippen MR) is 106 cm³/mol. The Kier molecular flexibility index (Phi) is 3.94. The maximum Gasteiger partial charge on any atom is 0.232 e. The second kappa shape index (κ2) is 6.49. The zero-order chi connectivity index (χ0) is 19.1. The first-order valence-electron chi connectivity index (χ1n) is 9.09. The molecule has 0 bridgehead atoms. The maximum absolute atomic E-state index is 12.9. The van der Waals surface area contributed by atoms with Crippen molar-refractivity contribution >= 4 is 28.5 Å². The number of fused-ring (bicyclic) bond motifs is 1. The number of carbonyl (C=O) groups excluding carboxylic acids is 1. The van der Waals surface area contributed by atoms with Crippen molar-refractivity contribution < 1.29 is 9.32 Å². The molecule has 140 valence electrons. The smallest absolute Gasteiger partial charge is 0.232 e. The van der Waals surface area contributed by atoms with Gasteiger partial charge in [-0.25, -0.2) is 4.98 Å². The average Bonchev–Trinajstić information content (AvgIpc) is 3.19. The summed E-state index contributed by atoms with van der Waals surface area (Å²) in [4.78, 5) is 20.6. The van der Waals surface area contributed by atoms with Crippen LogP contribution in [-0.4, -0.2) is 21.0 Å². The summed E-state index contributed by atoms with van der Waals surface area (Å²) in [6.45, 7) is 0.344. The molecule has 0 saturated heterocycles. The molecule has 2 heterocycles. The summed E-state index contributed by atoms with van der Waals surface area (Å²) in [6, 6.07) is 17.0. The Bertz CT molecular complexity index is 1130. The molecule has 0 spiro atoms. The lowest BCUT2D eigenvalue weighted by molar-refractivity contribution is -0.123. The molecule has 6 nitrogen and oxygen atoms in total. The highest BCUT2D eigenvalue weighted by Gasteiger charge is 2.53. The van der Waals surface area contributed by atoms with Gasteiger partial charge in [0.2, 0.25) is 5.91 Å². The standard InChI is InChI=1S/C21H17ClN4O2/c22-14-7-5-13(6-8-14)17-11-18(26-28-17)21(9-10-21)20(27)23-12-19-24-15-3-1-2-4-16(15)25-19/h1-8,11H,9-10,12H2,(H,23,27)(H,24,25). The minimum absolute atomic E-state index is 0.0519. The Labute approximate surface area is 165 Å². The number of imidazole rings is 1. The quantitative estimate of drug-likeness (QED) is 0.532. The van der Waals surface area contributed by atoms with Gasteiger partial charge in [-0.05, 0) is 49.2 Å². The highest BCUT2D eigenvalue weighted by atomic mass is 35.5. The van der Waals surface area contributed by atoms with Crippen molar-refractivity contribution in [2.24, 2.45) is 0 Å². The third-order valence-electron chi connectivity index (χ3n) is 5.17. The average molecular weight is 393 g/mol. The molecule has 1 amide bonds. The van der Waals surface area contributed by atoms with Gasteiger partial charge in [-0.1, -0.05) is 28.9 Å².